The molecule has 3 aromatic rings. The monoisotopic (exact) mass is 484 g/mol. The molecule has 2 saturated heterocycles. The van der Waals surface area contributed by atoms with Gasteiger partial charge >= 0.3 is 0 Å². The second-order valence-corrected chi connectivity index (χ2v) is 10.9. The molecule has 33 heavy (non-hydrogen) atoms. The minimum Gasteiger partial charge on any atom is -0.298 e. The first-order valence-corrected chi connectivity index (χ1v) is 12.8. The molecule has 3 amide bonds. The number of benzene rings is 2. The maximum absolute atomic E-state index is 12.8. The standard InChI is InChI=1S/C22H20N4O5S2/c27-19-8-9-20(28)26(19)15-5-3-4-14(12-15)21(29)24-22-23-17-7-6-16(13-18(17)32-22)33(30,31)25-10-1-2-11-25/h3-7,12-13H,1-2,8-11H2,(H,23,24,29). The van der Waals surface area contributed by atoms with Crippen LogP contribution in [0.3, 0.4) is 0 Å². The zero-order valence-corrected chi connectivity index (χ0v) is 19.1. The van der Waals surface area contributed by atoms with Crippen LogP contribution in [0.25, 0.3) is 10.2 Å². The van der Waals surface area contributed by atoms with E-state index >= 15 is 0 Å². The number of amides is 3. The summed E-state index contributed by atoms with van der Waals surface area (Å²) >= 11 is 1.18. The number of fused-ring (bicyclic) bond motifs is 1. The van der Waals surface area contributed by atoms with Crippen molar-refractivity contribution in [2.75, 3.05) is 23.3 Å². The molecular formula is C22H20N4O5S2. The molecule has 0 radical (unpaired) electrons. The van der Waals surface area contributed by atoms with Gasteiger partial charge in [-0.3, -0.25) is 24.6 Å². The van der Waals surface area contributed by atoms with Crippen molar-refractivity contribution in [3.63, 3.8) is 0 Å². The fraction of sp³-hybridized carbons (Fsp3) is 0.273. The molecule has 0 bridgehead atoms. The largest absolute Gasteiger partial charge is 0.298 e. The molecule has 0 atom stereocenters. The maximum Gasteiger partial charge on any atom is 0.257 e. The lowest BCUT2D eigenvalue weighted by Gasteiger charge is -2.15. The van der Waals surface area contributed by atoms with Gasteiger partial charge in [0.15, 0.2) is 5.13 Å². The van der Waals surface area contributed by atoms with Crippen LogP contribution in [0.15, 0.2) is 47.4 Å². The van der Waals surface area contributed by atoms with E-state index in [4.69, 9.17) is 0 Å². The molecule has 2 aliphatic heterocycles. The molecule has 2 aromatic carbocycles. The molecule has 2 aliphatic rings. The van der Waals surface area contributed by atoms with Crippen molar-refractivity contribution in [3.8, 4) is 0 Å². The van der Waals surface area contributed by atoms with Crippen molar-refractivity contribution < 1.29 is 22.8 Å². The Morgan fingerprint density at radius 3 is 2.45 bits per heavy atom. The average molecular weight is 485 g/mol. The van der Waals surface area contributed by atoms with Crippen LogP contribution in [0.4, 0.5) is 10.8 Å². The van der Waals surface area contributed by atoms with Crippen molar-refractivity contribution in [3.05, 3.63) is 48.0 Å². The van der Waals surface area contributed by atoms with Gasteiger partial charge in [-0.15, -0.1) is 0 Å². The fourth-order valence-corrected chi connectivity index (χ4v) is 6.54. The van der Waals surface area contributed by atoms with Crippen LogP contribution in [-0.2, 0) is 19.6 Å². The first kappa shape index (κ1) is 21.7. The van der Waals surface area contributed by atoms with Crippen LogP contribution in [-0.4, -0.2) is 48.5 Å². The summed E-state index contributed by atoms with van der Waals surface area (Å²) < 4.78 is 27.8. The summed E-state index contributed by atoms with van der Waals surface area (Å²) in [5.41, 5.74) is 1.21. The summed E-state index contributed by atoms with van der Waals surface area (Å²) in [5, 5.41) is 3.04. The maximum atomic E-state index is 12.8. The molecule has 0 aliphatic carbocycles. The fourth-order valence-electron chi connectivity index (χ4n) is 4.02. The van der Waals surface area contributed by atoms with E-state index in [1.807, 2.05) is 0 Å². The predicted molar refractivity (Wildman–Crippen MR) is 124 cm³/mol. The molecule has 1 aromatic heterocycles. The Labute approximate surface area is 194 Å². The van der Waals surface area contributed by atoms with Gasteiger partial charge < -0.3 is 0 Å². The Hall–Kier alpha value is -3.15. The Balaban J connectivity index is 1.37. The SMILES string of the molecule is O=C(Nc1nc2ccc(S(=O)(=O)N3CCCC3)cc2s1)c1cccc(N2C(=O)CCC2=O)c1. The number of imide groups is 1. The number of nitrogens with zero attached hydrogens (tertiary/aromatic N) is 3. The smallest absolute Gasteiger partial charge is 0.257 e. The number of thiazole rings is 1. The van der Waals surface area contributed by atoms with Crippen molar-refractivity contribution in [2.24, 2.45) is 0 Å². The van der Waals surface area contributed by atoms with E-state index in [-0.39, 0.29) is 35.1 Å². The van der Waals surface area contributed by atoms with E-state index in [1.165, 1.54) is 27.8 Å². The van der Waals surface area contributed by atoms with Crippen LogP contribution >= 0.6 is 11.3 Å². The highest BCUT2D eigenvalue weighted by molar-refractivity contribution is 7.89. The van der Waals surface area contributed by atoms with E-state index < -0.39 is 15.9 Å². The number of carbonyl (C=O) groups is 3. The quantitative estimate of drug-likeness (QED) is 0.557. The van der Waals surface area contributed by atoms with Crippen molar-refractivity contribution in [1.29, 1.82) is 0 Å². The molecule has 0 spiro atoms. The summed E-state index contributed by atoms with van der Waals surface area (Å²) in [6, 6.07) is 11.0. The molecule has 0 saturated carbocycles. The van der Waals surface area contributed by atoms with Crippen LogP contribution in [0, 0.1) is 0 Å². The lowest BCUT2D eigenvalue weighted by atomic mass is 10.2. The highest BCUT2D eigenvalue weighted by Gasteiger charge is 2.31. The second-order valence-electron chi connectivity index (χ2n) is 7.89. The van der Waals surface area contributed by atoms with E-state index in [9.17, 15) is 22.8 Å². The molecule has 0 unspecified atom stereocenters. The van der Waals surface area contributed by atoms with Gasteiger partial charge in [0.1, 0.15) is 0 Å². The molecular weight excluding hydrogens is 464 g/mol. The van der Waals surface area contributed by atoms with Gasteiger partial charge in [-0.25, -0.2) is 13.4 Å². The third kappa shape index (κ3) is 4.03. The first-order valence-electron chi connectivity index (χ1n) is 10.5. The van der Waals surface area contributed by atoms with E-state index in [1.54, 1.807) is 30.3 Å². The van der Waals surface area contributed by atoms with Gasteiger partial charge in [0.05, 0.1) is 20.8 Å². The van der Waals surface area contributed by atoms with E-state index in [0.29, 0.717) is 34.1 Å². The van der Waals surface area contributed by atoms with Gasteiger partial charge in [0.25, 0.3) is 5.91 Å². The van der Waals surface area contributed by atoms with Gasteiger partial charge in [-0.2, -0.15) is 4.31 Å². The van der Waals surface area contributed by atoms with E-state index in [2.05, 4.69) is 10.3 Å². The van der Waals surface area contributed by atoms with Crippen molar-refractivity contribution >= 4 is 60.1 Å². The Morgan fingerprint density at radius 1 is 1.00 bits per heavy atom. The topological polar surface area (TPSA) is 117 Å². The number of sulfonamides is 1. The minimum absolute atomic E-state index is 0.163. The zero-order chi connectivity index (χ0) is 23.2. The third-order valence-electron chi connectivity index (χ3n) is 5.70. The lowest BCUT2D eigenvalue weighted by molar-refractivity contribution is -0.121. The van der Waals surface area contributed by atoms with Crippen LogP contribution in [0.1, 0.15) is 36.0 Å². The molecule has 5 rings (SSSR count). The number of hydrogen-bond donors (Lipinski definition) is 1. The van der Waals surface area contributed by atoms with Crippen molar-refractivity contribution in [2.45, 2.75) is 30.6 Å². The molecule has 9 nitrogen and oxygen atoms in total. The van der Waals surface area contributed by atoms with E-state index in [0.717, 1.165) is 17.7 Å². The van der Waals surface area contributed by atoms with Crippen molar-refractivity contribution in [1.82, 2.24) is 9.29 Å². The average Bonchev–Trinajstić information content (AvgIpc) is 3.53. The number of aromatic nitrogens is 1. The molecule has 3 heterocycles. The highest BCUT2D eigenvalue weighted by Crippen LogP contribution is 2.31. The first-order chi connectivity index (χ1) is 15.8. The summed E-state index contributed by atoms with van der Waals surface area (Å²) in [7, 11) is -3.54. The van der Waals surface area contributed by atoms with Crippen LogP contribution in [0.5, 0.6) is 0 Å². The normalized spacial score (nSPS) is 17.3. The third-order valence-corrected chi connectivity index (χ3v) is 8.53. The summed E-state index contributed by atoms with van der Waals surface area (Å²) in [5.74, 6) is -1.02. The summed E-state index contributed by atoms with van der Waals surface area (Å²) in [6.07, 6.45) is 2.05. The Bertz CT molecular complexity index is 1380. The van der Waals surface area contributed by atoms with Crippen LogP contribution < -0.4 is 10.2 Å². The number of carbonyl (C=O) groups excluding carboxylic acids is 3. The molecule has 2 fully saturated rings. The number of anilines is 2. The molecule has 11 heteroatoms. The second kappa shape index (κ2) is 8.32. The predicted octanol–water partition coefficient (Wildman–Crippen LogP) is 2.99. The molecule has 1 N–H and O–H groups in total. The number of rotatable bonds is 5. The van der Waals surface area contributed by atoms with Gasteiger partial charge in [-0.1, -0.05) is 17.4 Å². The van der Waals surface area contributed by atoms with Gasteiger partial charge in [0, 0.05) is 31.5 Å². The highest BCUT2D eigenvalue weighted by atomic mass is 32.2. The summed E-state index contributed by atoms with van der Waals surface area (Å²) in [6.45, 7) is 1.05. The number of nitrogens with one attached hydrogen (secondary N) is 1. The number of hydrogen-bond acceptors (Lipinski definition) is 7. The Morgan fingerprint density at radius 2 is 1.73 bits per heavy atom. The van der Waals surface area contributed by atoms with Gasteiger partial charge in [0.2, 0.25) is 21.8 Å². The lowest BCUT2D eigenvalue weighted by Crippen LogP contribution is -2.28. The van der Waals surface area contributed by atoms with Crippen LogP contribution in [0.2, 0.25) is 0 Å². The minimum atomic E-state index is -3.54. The molecule has 170 valence electrons. The zero-order valence-electron chi connectivity index (χ0n) is 17.5. The van der Waals surface area contributed by atoms with Gasteiger partial charge in [-0.05, 0) is 49.2 Å². The summed E-state index contributed by atoms with van der Waals surface area (Å²) in [4.78, 5) is 42.5. The Kier molecular flexibility index (Phi) is 5.47.